The van der Waals surface area contributed by atoms with Gasteiger partial charge in [-0.25, -0.2) is 0 Å². The van der Waals surface area contributed by atoms with E-state index in [0.717, 1.165) is 37.4 Å². The average molecular weight is 314 g/mol. The van der Waals surface area contributed by atoms with E-state index < -0.39 is 0 Å². The van der Waals surface area contributed by atoms with Crippen molar-refractivity contribution in [2.24, 2.45) is 17.6 Å². The Kier molecular flexibility index (Phi) is 5.85. The van der Waals surface area contributed by atoms with Crippen LogP contribution in [-0.4, -0.2) is 36.4 Å². The standard InChI is InChI=1S/C20H30N2O/c21-19-8-6-16(7-9-19)10-13-22-14-11-18(12-15-22)20(23)17-4-2-1-3-5-17/h1-5,16,18-19H,6-15,21H2. The van der Waals surface area contributed by atoms with Crippen LogP contribution in [0.4, 0.5) is 0 Å². The molecule has 0 aromatic heterocycles. The summed E-state index contributed by atoms with van der Waals surface area (Å²) < 4.78 is 0. The Morgan fingerprint density at radius 2 is 1.65 bits per heavy atom. The minimum atomic E-state index is 0.223. The van der Waals surface area contributed by atoms with E-state index in [1.54, 1.807) is 0 Å². The molecule has 1 heterocycles. The Morgan fingerprint density at radius 3 is 2.30 bits per heavy atom. The number of nitrogens with zero attached hydrogens (tertiary/aromatic N) is 1. The molecule has 3 nitrogen and oxygen atoms in total. The predicted molar refractivity (Wildman–Crippen MR) is 94.5 cm³/mol. The minimum Gasteiger partial charge on any atom is -0.328 e. The van der Waals surface area contributed by atoms with Crippen LogP contribution in [0.15, 0.2) is 30.3 Å². The van der Waals surface area contributed by atoms with E-state index >= 15 is 0 Å². The molecule has 0 atom stereocenters. The van der Waals surface area contributed by atoms with Crippen LogP contribution in [0.1, 0.15) is 55.3 Å². The Balaban J connectivity index is 1.39. The van der Waals surface area contributed by atoms with Crippen molar-refractivity contribution in [2.75, 3.05) is 19.6 Å². The summed E-state index contributed by atoms with van der Waals surface area (Å²) in [6, 6.07) is 10.2. The third-order valence-corrected chi connectivity index (χ3v) is 5.76. The number of benzene rings is 1. The molecule has 1 aromatic carbocycles. The normalized spacial score (nSPS) is 27.0. The Morgan fingerprint density at radius 1 is 1.00 bits per heavy atom. The van der Waals surface area contributed by atoms with Gasteiger partial charge in [0.25, 0.3) is 0 Å². The fourth-order valence-corrected chi connectivity index (χ4v) is 4.10. The zero-order valence-corrected chi connectivity index (χ0v) is 14.1. The van der Waals surface area contributed by atoms with Gasteiger partial charge in [0, 0.05) is 17.5 Å². The van der Waals surface area contributed by atoms with E-state index in [-0.39, 0.29) is 5.92 Å². The zero-order valence-electron chi connectivity index (χ0n) is 14.1. The second-order valence-corrected chi connectivity index (χ2v) is 7.42. The van der Waals surface area contributed by atoms with E-state index in [0.29, 0.717) is 11.8 Å². The highest BCUT2D eigenvalue weighted by atomic mass is 16.1. The fourth-order valence-electron chi connectivity index (χ4n) is 4.10. The third kappa shape index (κ3) is 4.65. The molecule has 1 saturated carbocycles. The molecular formula is C20H30N2O. The van der Waals surface area contributed by atoms with E-state index in [1.807, 2.05) is 30.3 Å². The fraction of sp³-hybridized carbons (Fsp3) is 0.650. The van der Waals surface area contributed by atoms with Crippen molar-refractivity contribution < 1.29 is 4.79 Å². The lowest BCUT2D eigenvalue weighted by atomic mass is 9.84. The number of likely N-dealkylation sites (tertiary alicyclic amines) is 1. The van der Waals surface area contributed by atoms with Crippen LogP contribution in [0, 0.1) is 11.8 Å². The molecule has 2 aliphatic rings. The van der Waals surface area contributed by atoms with Crippen LogP contribution >= 0.6 is 0 Å². The van der Waals surface area contributed by atoms with Gasteiger partial charge in [-0.2, -0.15) is 0 Å². The van der Waals surface area contributed by atoms with E-state index in [2.05, 4.69) is 4.90 Å². The second kappa shape index (κ2) is 8.07. The van der Waals surface area contributed by atoms with Gasteiger partial charge in [-0.15, -0.1) is 0 Å². The summed E-state index contributed by atoms with van der Waals surface area (Å²) in [5.41, 5.74) is 6.86. The summed E-state index contributed by atoms with van der Waals surface area (Å²) in [6.45, 7) is 3.36. The molecule has 1 aliphatic heterocycles. The molecule has 126 valence electrons. The molecule has 1 saturated heterocycles. The van der Waals surface area contributed by atoms with E-state index in [9.17, 15) is 4.79 Å². The summed E-state index contributed by atoms with van der Waals surface area (Å²) in [5, 5.41) is 0. The van der Waals surface area contributed by atoms with Crippen molar-refractivity contribution in [3.63, 3.8) is 0 Å². The maximum Gasteiger partial charge on any atom is 0.166 e. The largest absolute Gasteiger partial charge is 0.328 e. The summed E-state index contributed by atoms with van der Waals surface area (Å²) in [7, 11) is 0. The molecule has 3 rings (SSSR count). The van der Waals surface area contributed by atoms with Crippen molar-refractivity contribution in [2.45, 2.75) is 51.0 Å². The monoisotopic (exact) mass is 314 g/mol. The van der Waals surface area contributed by atoms with Crippen LogP contribution in [0.2, 0.25) is 0 Å². The number of hydrogen-bond acceptors (Lipinski definition) is 3. The van der Waals surface area contributed by atoms with Gasteiger partial charge in [-0.05, 0) is 70.5 Å². The number of carbonyl (C=O) groups is 1. The molecule has 1 aromatic rings. The lowest BCUT2D eigenvalue weighted by molar-refractivity contribution is 0.0833. The van der Waals surface area contributed by atoms with Crippen molar-refractivity contribution in [1.29, 1.82) is 0 Å². The number of ketones is 1. The van der Waals surface area contributed by atoms with Gasteiger partial charge in [0.2, 0.25) is 0 Å². The first-order chi connectivity index (χ1) is 11.2. The number of rotatable bonds is 5. The van der Waals surface area contributed by atoms with Crippen LogP contribution in [0.3, 0.4) is 0 Å². The van der Waals surface area contributed by atoms with Crippen molar-refractivity contribution in [3.8, 4) is 0 Å². The highest BCUT2D eigenvalue weighted by Gasteiger charge is 2.26. The number of nitrogens with two attached hydrogens (primary N) is 1. The van der Waals surface area contributed by atoms with E-state index in [4.69, 9.17) is 5.73 Å². The highest BCUT2D eigenvalue weighted by molar-refractivity contribution is 5.97. The van der Waals surface area contributed by atoms with Gasteiger partial charge in [0.15, 0.2) is 5.78 Å². The van der Waals surface area contributed by atoms with Crippen LogP contribution in [-0.2, 0) is 0 Å². The Hall–Kier alpha value is -1.19. The summed E-state index contributed by atoms with van der Waals surface area (Å²) in [4.78, 5) is 15.1. The molecule has 2 N–H and O–H groups in total. The molecule has 0 bridgehead atoms. The topological polar surface area (TPSA) is 46.3 Å². The van der Waals surface area contributed by atoms with Crippen molar-refractivity contribution in [1.82, 2.24) is 4.90 Å². The Bertz CT molecular complexity index is 486. The number of hydrogen-bond donors (Lipinski definition) is 1. The number of piperidine rings is 1. The van der Waals surface area contributed by atoms with E-state index in [1.165, 1.54) is 38.6 Å². The van der Waals surface area contributed by atoms with Crippen LogP contribution in [0.25, 0.3) is 0 Å². The summed E-state index contributed by atoms with van der Waals surface area (Å²) in [5.74, 6) is 1.44. The first-order valence-electron chi connectivity index (χ1n) is 9.29. The SMILES string of the molecule is NC1CCC(CCN2CCC(C(=O)c3ccccc3)CC2)CC1. The number of Topliss-reactive ketones (excluding diaryl/α,β-unsaturated/α-hetero) is 1. The van der Waals surface area contributed by atoms with Gasteiger partial charge in [0.05, 0.1) is 0 Å². The van der Waals surface area contributed by atoms with Gasteiger partial charge < -0.3 is 10.6 Å². The first-order valence-corrected chi connectivity index (χ1v) is 9.29. The molecular weight excluding hydrogens is 284 g/mol. The molecule has 3 heteroatoms. The summed E-state index contributed by atoms with van der Waals surface area (Å²) >= 11 is 0. The van der Waals surface area contributed by atoms with Gasteiger partial charge in [-0.1, -0.05) is 30.3 Å². The van der Waals surface area contributed by atoms with Crippen molar-refractivity contribution in [3.05, 3.63) is 35.9 Å². The molecule has 0 radical (unpaired) electrons. The van der Waals surface area contributed by atoms with Crippen LogP contribution in [0.5, 0.6) is 0 Å². The molecule has 0 spiro atoms. The predicted octanol–water partition coefficient (Wildman–Crippen LogP) is 3.49. The zero-order chi connectivity index (χ0) is 16.1. The average Bonchev–Trinajstić information content (AvgIpc) is 2.62. The lowest BCUT2D eigenvalue weighted by Gasteiger charge is -2.33. The minimum absolute atomic E-state index is 0.223. The molecule has 1 aliphatic carbocycles. The maximum absolute atomic E-state index is 12.5. The molecule has 23 heavy (non-hydrogen) atoms. The van der Waals surface area contributed by atoms with Gasteiger partial charge in [-0.3, -0.25) is 4.79 Å². The lowest BCUT2D eigenvalue weighted by Crippen LogP contribution is -2.38. The third-order valence-electron chi connectivity index (χ3n) is 5.76. The number of carbonyl (C=O) groups excluding carboxylic acids is 1. The highest BCUT2D eigenvalue weighted by Crippen LogP contribution is 2.27. The molecule has 2 fully saturated rings. The Labute approximate surface area is 140 Å². The van der Waals surface area contributed by atoms with Gasteiger partial charge >= 0.3 is 0 Å². The smallest absolute Gasteiger partial charge is 0.166 e. The molecule has 0 amide bonds. The van der Waals surface area contributed by atoms with Gasteiger partial charge in [0.1, 0.15) is 0 Å². The second-order valence-electron chi connectivity index (χ2n) is 7.42. The van der Waals surface area contributed by atoms with Crippen molar-refractivity contribution >= 4 is 5.78 Å². The summed E-state index contributed by atoms with van der Waals surface area (Å²) in [6.07, 6.45) is 8.38. The van der Waals surface area contributed by atoms with Crippen LogP contribution < -0.4 is 5.73 Å². The maximum atomic E-state index is 12.5. The first kappa shape index (κ1) is 16.7. The molecule has 0 unspecified atom stereocenters. The quantitative estimate of drug-likeness (QED) is 0.846.